The van der Waals surface area contributed by atoms with Crippen LogP contribution < -0.4 is 14.8 Å². The van der Waals surface area contributed by atoms with E-state index in [1.807, 2.05) is 43.3 Å². The fourth-order valence-electron chi connectivity index (χ4n) is 3.34. The molecule has 0 saturated heterocycles. The first-order chi connectivity index (χ1) is 13.7. The zero-order valence-corrected chi connectivity index (χ0v) is 15.8. The van der Waals surface area contributed by atoms with Gasteiger partial charge in [0.2, 0.25) is 0 Å². The van der Waals surface area contributed by atoms with Crippen molar-refractivity contribution in [3.63, 3.8) is 0 Å². The van der Waals surface area contributed by atoms with E-state index in [1.54, 1.807) is 12.1 Å². The van der Waals surface area contributed by atoms with Crippen molar-refractivity contribution in [3.05, 3.63) is 83.3 Å². The highest BCUT2D eigenvalue weighted by Crippen LogP contribution is 2.33. The van der Waals surface area contributed by atoms with E-state index in [4.69, 9.17) is 13.9 Å². The van der Waals surface area contributed by atoms with Crippen LogP contribution in [0.2, 0.25) is 0 Å². The molecule has 0 spiro atoms. The molecule has 1 aliphatic heterocycles. The molecule has 1 N–H and O–H groups in total. The fraction of sp³-hybridized carbons (Fsp3) is 0.261. The van der Waals surface area contributed by atoms with Crippen LogP contribution in [0.25, 0.3) is 0 Å². The second kappa shape index (κ2) is 8.21. The van der Waals surface area contributed by atoms with Crippen molar-refractivity contribution >= 4 is 5.91 Å². The number of furan rings is 1. The van der Waals surface area contributed by atoms with Crippen molar-refractivity contribution in [1.82, 2.24) is 5.32 Å². The Balaban J connectivity index is 1.56. The van der Waals surface area contributed by atoms with Crippen molar-refractivity contribution in [1.29, 1.82) is 0 Å². The fourth-order valence-corrected chi connectivity index (χ4v) is 3.34. The lowest BCUT2D eigenvalue weighted by molar-refractivity contribution is 0.0905. The van der Waals surface area contributed by atoms with E-state index in [0.29, 0.717) is 24.7 Å². The predicted molar refractivity (Wildman–Crippen MR) is 106 cm³/mol. The van der Waals surface area contributed by atoms with Gasteiger partial charge in [-0.15, -0.1) is 0 Å². The molecule has 5 nitrogen and oxygen atoms in total. The van der Waals surface area contributed by atoms with Crippen LogP contribution in [0.15, 0.2) is 65.1 Å². The van der Waals surface area contributed by atoms with Crippen molar-refractivity contribution in [2.24, 2.45) is 0 Å². The van der Waals surface area contributed by atoms with Gasteiger partial charge in [0.1, 0.15) is 19.0 Å². The molecule has 28 heavy (non-hydrogen) atoms. The summed E-state index contributed by atoms with van der Waals surface area (Å²) in [6.45, 7) is 2.91. The lowest BCUT2D eigenvalue weighted by Crippen LogP contribution is -2.29. The largest absolute Gasteiger partial charge is 0.486 e. The molecule has 0 fully saturated rings. The smallest absolute Gasteiger partial charge is 0.287 e. The third kappa shape index (κ3) is 4.19. The summed E-state index contributed by atoms with van der Waals surface area (Å²) >= 11 is 0. The molecule has 144 valence electrons. The maximum absolute atomic E-state index is 12.7. The second-order valence-electron chi connectivity index (χ2n) is 6.86. The molecule has 0 bridgehead atoms. The third-order valence-corrected chi connectivity index (χ3v) is 4.80. The SMILES string of the molecule is Cc1ccc(C(=O)NC(CCc2ccccc2)c2ccc3c(c2)OCCO3)o1. The monoisotopic (exact) mass is 377 g/mol. The first-order valence-corrected chi connectivity index (χ1v) is 9.50. The third-order valence-electron chi connectivity index (χ3n) is 4.80. The molecule has 2 heterocycles. The van der Waals surface area contributed by atoms with Gasteiger partial charge in [-0.2, -0.15) is 0 Å². The molecular weight excluding hydrogens is 354 g/mol. The number of aryl methyl sites for hydroxylation is 2. The molecule has 1 amide bonds. The number of carbonyl (C=O) groups is 1. The highest BCUT2D eigenvalue weighted by Gasteiger charge is 2.21. The van der Waals surface area contributed by atoms with Gasteiger partial charge in [-0.05, 0) is 55.2 Å². The van der Waals surface area contributed by atoms with Gasteiger partial charge in [-0.3, -0.25) is 4.79 Å². The zero-order chi connectivity index (χ0) is 19.3. The summed E-state index contributed by atoms with van der Waals surface area (Å²) in [6, 6.07) is 19.4. The maximum atomic E-state index is 12.7. The Hall–Kier alpha value is -3.21. The van der Waals surface area contributed by atoms with Gasteiger partial charge < -0.3 is 19.2 Å². The van der Waals surface area contributed by atoms with E-state index < -0.39 is 0 Å². The Bertz CT molecular complexity index is 948. The van der Waals surface area contributed by atoms with Crippen LogP contribution in [0, 0.1) is 6.92 Å². The average molecular weight is 377 g/mol. The molecule has 0 saturated carbocycles. The van der Waals surface area contributed by atoms with Crippen LogP contribution in [0.3, 0.4) is 0 Å². The Morgan fingerprint density at radius 2 is 1.79 bits per heavy atom. The van der Waals surface area contributed by atoms with E-state index in [1.165, 1.54) is 5.56 Å². The molecule has 4 rings (SSSR count). The molecule has 2 aromatic carbocycles. The molecule has 1 unspecified atom stereocenters. The normalized spacial score (nSPS) is 13.8. The molecule has 0 aliphatic carbocycles. The zero-order valence-electron chi connectivity index (χ0n) is 15.8. The standard InChI is InChI=1S/C23H23NO4/c1-16-7-11-21(28-16)23(25)24-19(10-8-17-5-3-2-4-6-17)18-9-12-20-22(15-18)27-14-13-26-20/h2-7,9,11-12,15,19H,8,10,13-14H2,1H3,(H,24,25). The van der Waals surface area contributed by atoms with Crippen molar-refractivity contribution in [2.45, 2.75) is 25.8 Å². The first kappa shape index (κ1) is 18.2. The average Bonchev–Trinajstić information content (AvgIpc) is 3.18. The molecule has 1 atom stereocenters. The van der Waals surface area contributed by atoms with Crippen LogP contribution in [-0.4, -0.2) is 19.1 Å². The summed E-state index contributed by atoms with van der Waals surface area (Å²) < 4.78 is 16.8. The molecule has 1 aliphatic rings. The minimum atomic E-state index is -0.221. The van der Waals surface area contributed by atoms with Crippen molar-refractivity contribution < 1.29 is 18.7 Å². The number of ether oxygens (including phenoxy) is 2. The van der Waals surface area contributed by atoms with Crippen LogP contribution in [0.5, 0.6) is 11.5 Å². The summed E-state index contributed by atoms with van der Waals surface area (Å²) in [5, 5.41) is 3.11. The van der Waals surface area contributed by atoms with Crippen molar-refractivity contribution in [2.75, 3.05) is 13.2 Å². The van der Waals surface area contributed by atoms with E-state index in [0.717, 1.165) is 29.9 Å². The number of hydrogen-bond donors (Lipinski definition) is 1. The summed E-state index contributed by atoms with van der Waals surface area (Å²) in [5.41, 5.74) is 2.21. The Morgan fingerprint density at radius 3 is 2.54 bits per heavy atom. The molecular formula is C23H23NO4. The highest BCUT2D eigenvalue weighted by atomic mass is 16.6. The topological polar surface area (TPSA) is 60.7 Å². The van der Waals surface area contributed by atoms with Gasteiger partial charge in [-0.25, -0.2) is 0 Å². The molecule has 5 heteroatoms. The minimum Gasteiger partial charge on any atom is -0.486 e. The van der Waals surface area contributed by atoms with Crippen LogP contribution in [-0.2, 0) is 6.42 Å². The molecule has 1 aromatic heterocycles. The summed E-state index contributed by atoms with van der Waals surface area (Å²) in [6.07, 6.45) is 1.60. The van der Waals surface area contributed by atoms with Gasteiger partial charge >= 0.3 is 0 Å². The Morgan fingerprint density at radius 1 is 1.00 bits per heavy atom. The van der Waals surface area contributed by atoms with E-state index in [9.17, 15) is 4.79 Å². The Kier molecular flexibility index (Phi) is 5.33. The van der Waals surface area contributed by atoms with Crippen LogP contribution >= 0.6 is 0 Å². The number of rotatable bonds is 6. The first-order valence-electron chi connectivity index (χ1n) is 9.50. The lowest BCUT2D eigenvalue weighted by atomic mass is 9.98. The lowest BCUT2D eigenvalue weighted by Gasteiger charge is -2.23. The quantitative estimate of drug-likeness (QED) is 0.689. The number of hydrogen-bond acceptors (Lipinski definition) is 4. The van der Waals surface area contributed by atoms with Gasteiger partial charge in [0, 0.05) is 0 Å². The number of nitrogens with one attached hydrogen (secondary N) is 1. The summed E-state index contributed by atoms with van der Waals surface area (Å²) in [5.74, 6) is 2.27. The summed E-state index contributed by atoms with van der Waals surface area (Å²) in [4.78, 5) is 12.7. The van der Waals surface area contributed by atoms with Gasteiger partial charge in [-0.1, -0.05) is 36.4 Å². The minimum absolute atomic E-state index is 0.172. The van der Waals surface area contributed by atoms with Gasteiger partial charge in [0.05, 0.1) is 6.04 Å². The second-order valence-corrected chi connectivity index (χ2v) is 6.86. The highest BCUT2D eigenvalue weighted by molar-refractivity contribution is 5.91. The van der Waals surface area contributed by atoms with E-state index in [2.05, 4.69) is 17.4 Å². The van der Waals surface area contributed by atoms with Gasteiger partial charge in [0.15, 0.2) is 17.3 Å². The van der Waals surface area contributed by atoms with Crippen LogP contribution in [0.4, 0.5) is 0 Å². The van der Waals surface area contributed by atoms with E-state index >= 15 is 0 Å². The number of benzene rings is 2. The summed E-state index contributed by atoms with van der Waals surface area (Å²) in [7, 11) is 0. The van der Waals surface area contributed by atoms with Crippen LogP contribution in [0.1, 0.15) is 39.9 Å². The molecule has 0 radical (unpaired) electrons. The maximum Gasteiger partial charge on any atom is 0.287 e. The molecule has 3 aromatic rings. The number of fused-ring (bicyclic) bond motifs is 1. The van der Waals surface area contributed by atoms with Crippen molar-refractivity contribution in [3.8, 4) is 11.5 Å². The van der Waals surface area contributed by atoms with Gasteiger partial charge in [0.25, 0.3) is 5.91 Å². The number of amides is 1. The Labute approximate surface area is 164 Å². The van der Waals surface area contributed by atoms with E-state index in [-0.39, 0.29) is 11.9 Å². The number of carbonyl (C=O) groups excluding carboxylic acids is 1. The predicted octanol–water partition coefficient (Wildman–Crippen LogP) is 4.46.